The number of piperidine rings is 1. The highest BCUT2D eigenvalue weighted by molar-refractivity contribution is 5.19. The van der Waals surface area contributed by atoms with Gasteiger partial charge in [-0.3, -0.25) is 4.90 Å². The summed E-state index contributed by atoms with van der Waals surface area (Å²) in [7, 11) is 0. The molecule has 24 heavy (non-hydrogen) atoms. The third-order valence-corrected chi connectivity index (χ3v) is 5.11. The van der Waals surface area contributed by atoms with E-state index in [4.69, 9.17) is 0 Å². The summed E-state index contributed by atoms with van der Waals surface area (Å²) in [6.45, 7) is 2.25. The van der Waals surface area contributed by atoms with Crippen LogP contribution >= 0.6 is 0 Å². The summed E-state index contributed by atoms with van der Waals surface area (Å²) in [5.41, 5.74) is 0.412. The first-order valence-electron chi connectivity index (χ1n) is 8.77. The number of halogens is 2. The minimum Gasteiger partial charge on any atom is -0.316 e. The SMILES string of the molecule is Fc1cccc(CN2CCCC[C@H]2c2nncn2CC2CC2)c1F. The zero-order valence-electron chi connectivity index (χ0n) is 13.7. The van der Waals surface area contributed by atoms with Crippen molar-refractivity contribution in [1.82, 2.24) is 19.7 Å². The Morgan fingerprint density at radius 3 is 2.83 bits per heavy atom. The molecule has 0 amide bonds. The van der Waals surface area contributed by atoms with E-state index in [0.717, 1.165) is 44.1 Å². The lowest BCUT2D eigenvalue weighted by atomic mass is 10.00. The average Bonchev–Trinajstić information content (AvgIpc) is 3.28. The minimum atomic E-state index is -0.780. The maximum absolute atomic E-state index is 14.1. The van der Waals surface area contributed by atoms with Crippen molar-refractivity contribution in [3.05, 3.63) is 47.5 Å². The molecular weight excluding hydrogens is 310 g/mol. The molecule has 1 aliphatic heterocycles. The van der Waals surface area contributed by atoms with Crippen molar-refractivity contribution in [3.8, 4) is 0 Å². The van der Waals surface area contributed by atoms with Crippen molar-refractivity contribution in [2.75, 3.05) is 6.54 Å². The van der Waals surface area contributed by atoms with Gasteiger partial charge in [-0.25, -0.2) is 8.78 Å². The Balaban J connectivity index is 1.57. The highest BCUT2D eigenvalue weighted by Crippen LogP contribution is 2.35. The molecule has 2 fully saturated rings. The van der Waals surface area contributed by atoms with Gasteiger partial charge in [0.2, 0.25) is 0 Å². The summed E-state index contributed by atoms with van der Waals surface area (Å²) in [4.78, 5) is 2.22. The van der Waals surface area contributed by atoms with Crippen molar-refractivity contribution in [1.29, 1.82) is 0 Å². The van der Waals surface area contributed by atoms with E-state index in [1.54, 1.807) is 12.1 Å². The summed E-state index contributed by atoms with van der Waals surface area (Å²) in [5, 5.41) is 8.46. The Hall–Kier alpha value is -1.82. The van der Waals surface area contributed by atoms with Crippen LogP contribution in [0.2, 0.25) is 0 Å². The second-order valence-corrected chi connectivity index (χ2v) is 6.98. The third kappa shape index (κ3) is 3.20. The van der Waals surface area contributed by atoms with E-state index in [1.807, 2.05) is 6.33 Å². The predicted molar refractivity (Wildman–Crippen MR) is 86.1 cm³/mol. The molecule has 6 heteroatoms. The van der Waals surface area contributed by atoms with Crippen LogP contribution in [0, 0.1) is 17.6 Å². The molecular formula is C18H22F2N4. The fourth-order valence-electron chi connectivity index (χ4n) is 3.60. The zero-order chi connectivity index (χ0) is 16.5. The quantitative estimate of drug-likeness (QED) is 0.837. The molecule has 1 atom stereocenters. The molecule has 2 heterocycles. The summed E-state index contributed by atoms with van der Waals surface area (Å²) in [6, 6.07) is 4.53. The second-order valence-electron chi connectivity index (χ2n) is 6.98. The second kappa shape index (κ2) is 6.59. The summed E-state index contributed by atoms with van der Waals surface area (Å²) in [6.07, 6.45) is 7.55. The first-order chi connectivity index (χ1) is 11.7. The third-order valence-electron chi connectivity index (χ3n) is 5.11. The fraction of sp³-hybridized carbons (Fsp3) is 0.556. The van der Waals surface area contributed by atoms with Crippen LogP contribution in [0.25, 0.3) is 0 Å². The van der Waals surface area contributed by atoms with Crippen molar-refractivity contribution < 1.29 is 8.78 Å². The van der Waals surface area contributed by atoms with Gasteiger partial charge in [-0.1, -0.05) is 18.6 Å². The number of hydrogen-bond donors (Lipinski definition) is 0. The molecule has 1 aliphatic carbocycles. The van der Waals surface area contributed by atoms with Gasteiger partial charge in [-0.05, 0) is 44.2 Å². The van der Waals surface area contributed by atoms with Gasteiger partial charge in [0.25, 0.3) is 0 Å². The van der Waals surface area contributed by atoms with Gasteiger partial charge in [-0.2, -0.15) is 0 Å². The van der Waals surface area contributed by atoms with E-state index in [-0.39, 0.29) is 6.04 Å². The molecule has 1 saturated heterocycles. The van der Waals surface area contributed by atoms with Crippen LogP contribution in [0.15, 0.2) is 24.5 Å². The topological polar surface area (TPSA) is 34.0 Å². The Labute approximate surface area is 140 Å². The van der Waals surface area contributed by atoms with Crippen molar-refractivity contribution in [2.24, 2.45) is 5.92 Å². The average molecular weight is 332 g/mol. The number of benzene rings is 1. The van der Waals surface area contributed by atoms with E-state index < -0.39 is 11.6 Å². The van der Waals surface area contributed by atoms with Crippen molar-refractivity contribution in [3.63, 3.8) is 0 Å². The highest BCUT2D eigenvalue weighted by Gasteiger charge is 2.30. The Kier molecular flexibility index (Phi) is 4.31. The molecule has 1 aromatic heterocycles. The minimum absolute atomic E-state index is 0.127. The number of aromatic nitrogens is 3. The first kappa shape index (κ1) is 15.7. The first-order valence-corrected chi connectivity index (χ1v) is 8.77. The molecule has 0 bridgehead atoms. The van der Waals surface area contributed by atoms with Gasteiger partial charge < -0.3 is 4.57 Å². The number of nitrogens with zero attached hydrogens (tertiary/aromatic N) is 4. The van der Waals surface area contributed by atoms with Crippen LogP contribution in [0.3, 0.4) is 0 Å². The van der Waals surface area contributed by atoms with Gasteiger partial charge in [0.05, 0.1) is 6.04 Å². The van der Waals surface area contributed by atoms with Gasteiger partial charge in [0, 0.05) is 18.7 Å². The lowest BCUT2D eigenvalue weighted by molar-refractivity contribution is 0.128. The lowest BCUT2D eigenvalue weighted by Crippen LogP contribution is -2.35. The van der Waals surface area contributed by atoms with Crippen LogP contribution in [-0.4, -0.2) is 26.2 Å². The standard InChI is InChI=1S/C18H22F2N4/c19-15-5-3-4-14(17(15)20)11-23-9-2-1-6-16(23)18-22-21-12-24(18)10-13-7-8-13/h3-5,12-13,16H,1-2,6-11H2/t16-/m0/s1. The number of hydrogen-bond acceptors (Lipinski definition) is 3. The molecule has 2 aromatic rings. The van der Waals surface area contributed by atoms with Gasteiger partial charge in [0.1, 0.15) is 12.2 Å². The molecule has 0 N–H and O–H groups in total. The Morgan fingerprint density at radius 2 is 2.00 bits per heavy atom. The molecule has 0 radical (unpaired) electrons. The zero-order valence-corrected chi connectivity index (χ0v) is 13.7. The number of likely N-dealkylation sites (tertiary alicyclic amines) is 1. The van der Waals surface area contributed by atoms with Crippen LogP contribution in [0.4, 0.5) is 8.78 Å². The van der Waals surface area contributed by atoms with Crippen LogP contribution < -0.4 is 0 Å². The number of rotatable bonds is 5. The van der Waals surface area contributed by atoms with Gasteiger partial charge in [0.15, 0.2) is 11.6 Å². The lowest BCUT2D eigenvalue weighted by Gasteiger charge is -2.35. The molecule has 0 unspecified atom stereocenters. The molecule has 1 saturated carbocycles. The monoisotopic (exact) mass is 332 g/mol. The highest BCUT2D eigenvalue weighted by atomic mass is 19.2. The summed E-state index contributed by atoms with van der Waals surface area (Å²) < 4.78 is 29.7. The Morgan fingerprint density at radius 1 is 1.12 bits per heavy atom. The van der Waals surface area contributed by atoms with E-state index >= 15 is 0 Å². The smallest absolute Gasteiger partial charge is 0.163 e. The van der Waals surface area contributed by atoms with Gasteiger partial charge in [-0.15, -0.1) is 10.2 Å². The molecule has 2 aliphatic rings. The van der Waals surface area contributed by atoms with E-state index in [0.29, 0.717) is 12.1 Å². The fourth-order valence-corrected chi connectivity index (χ4v) is 3.60. The van der Waals surface area contributed by atoms with Gasteiger partial charge >= 0.3 is 0 Å². The van der Waals surface area contributed by atoms with E-state index in [1.165, 1.54) is 18.9 Å². The Bertz CT molecular complexity index is 711. The molecule has 128 valence electrons. The molecule has 1 aromatic carbocycles. The molecule has 0 spiro atoms. The molecule has 4 rings (SSSR count). The largest absolute Gasteiger partial charge is 0.316 e. The normalized spacial score (nSPS) is 22.0. The van der Waals surface area contributed by atoms with E-state index in [2.05, 4.69) is 19.7 Å². The predicted octanol–water partition coefficient (Wildman–Crippen LogP) is 3.69. The maximum atomic E-state index is 14.1. The van der Waals surface area contributed by atoms with Crippen LogP contribution in [-0.2, 0) is 13.1 Å². The summed E-state index contributed by atoms with van der Waals surface area (Å²) in [5.74, 6) is 0.204. The summed E-state index contributed by atoms with van der Waals surface area (Å²) >= 11 is 0. The maximum Gasteiger partial charge on any atom is 0.163 e. The van der Waals surface area contributed by atoms with Crippen LogP contribution in [0.1, 0.15) is 49.5 Å². The molecule has 4 nitrogen and oxygen atoms in total. The van der Waals surface area contributed by atoms with Crippen LogP contribution in [0.5, 0.6) is 0 Å². The van der Waals surface area contributed by atoms with Crippen molar-refractivity contribution >= 4 is 0 Å². The van der Waals surface area contributed by atoms with Crippen molar-refractivity contribution in [2.45, 2.75) is 51.2 Å². The van der Waals surface area contributed by atoms with E-state index in [9.17, 15) is 8.78 Å².